The topological polar surface area (TPSA) is 58.6 Å². The molecule has 0 unspecified atom stereocenters. The van der Waals surface area contributed by atoms with E-state index in [1.54, 1.807) is 0 Å². The molecule has 0 bridgehead atoms. The summed E-state index contributed by atoms with van der Waals surface area (Å²) in [5.41, 5.74) is 0.0720. The fourth-order valence-corrected chi connectivity index (χ4v) is 1.31. The second kappa shape index (κ2) is 6.85. The highest BCUT2D eigenvalue weighted by Crippen LogP contribution is 2.17. The molecule has 0 spiro atoms. The molecule has 4 nitrogen and oxygen atoms in total. The second-order valence-electron chi connectivity index (χ2n) is 3.47. The van der Waals surface area contributed by atoms with Crippen LogP contribution in [0.2, 0.25) is 0 Å². The normalized spacial score (nSPS) is 10.2. The van der Waals surface area contributed by atoms with Crippen LogP contribution in [0.25, 0.3) is 0 Å². The number of halogens is 1. The average Bonchev–Trinajstić information content (AvgIpc) is 2.28. The molecule has 1 aromatic carbocycles. The molecule has 0 aliphatic carbocycles. The van der Waals surface area contributed by atoms with Gasteiger partial charge in [0.05, 0.1) is 5.56 Å². The summed E-state index contributed by atoms with van der Waals surface area (Å²) >= 11 is 0. The van der Waals surface area contributed by atoms with Crippen molar-refractivity contribution >= 4 is 5.91 Å². The molecule has 17 heavy (non-hydrogen) atoms. The molecule has 0 saturated heterocycles. The van der Waals surface area contributed by atoms with Gasteiger partial charge >= 0.3 is 0 Å². The van der Waals surface area contributed by atoms with Gasteiger partial charge in [0.1, 0.15) is 11.6 Å². The predicted molar refractivity (Wildman–Crippen MR) is 61.5 cm³/mol. The van der Waals surface area contributed by atoms with Crippen LogP contribution in [0.1, 0.15) is 23.7 Å². The summed E-state index contributed by atoms with van der Waals surface area (Å²) in [6.45, 7) is 3.57. The lowest BCUT2D eigenvalue weighted by Crippen LogP contribution is -2.25. The van der Waals surface area contributed by atoms with E-state index in [1.807, 2.05) is 6.92 Å². The standard InChI is InChI=1S/C12H16FNO3/c1-2-17-7-3-6-14-12(16)10-5-4-9(13)8-11(10)15/h4-5,8,15H,2-3,6-7H2,1H3,(H,14,16). The molecule has 0 fully saturated rings. The zero-order valence-electron chi connectivity index (χ0n) is 9.70. The quantitative estimate of drug-likeness (QED) is 0.745. The van der Waals surface area contributed by atoms with Crippen LogP contribution in [0.4, 0.5) is 4.39 Å². The fraction of sp³-hybridized carbons (Fsp3) is 0.417. The maximum Gasteiger partial charge on any atom is 0.255 e. The Morgan fingerprint density at radius 2 is 2.29 bits per heavy atom. The second-order valence-corrected chi connectivity index (χ2v) is 3.47. The zero-order valence-corrected chi connectivity index (χ0v) is 9.70. The number of carbonyl (C=O) groups is 1. The van der Waals surface area contributed by atoms with Crippen molar-refractivity contribution in [2.24, 2.45) is 0 Å². The molecule has 1 rings (SSSR count). The highest BCUT2D eigenvalue weighted by atomic mass is 19.1. The zero-order chi connectivity index (χ0) is 12.7. The first-order chi connectivity index (χ1) is 8.15. The Kier molecular flexibility index (Phi) is 5.42. The van der Waals surface area contributed by atoms with Gasteiger partial charge in [-0.25, -0.2) is 4.39 Å². The Bertz CT molecular complexity index is 382. The van der Waals surface area contributed by atoms with E-state index in [9.17, 15) is 14.3 Å². The van der Waals surface area contributed by atoms with Crippen LogP contribution in [0.3, 0.4) is 0 Å². The van der Waals surface area contributed by atoms with Crippen LogP contribution in [-0.2, 0) is 4.74 Å². The number of nitrogens with one attached hydrogen (secondary N) is 1. The summed E-state index contributed by atoms with van der Waals surface area (Å²) < 4.78 is 17.8. The lowest BCUT2D eigenvalue weighted by atomic mass is 10.2. The maximum absolute atomic E-state index is 12.7. The van der Waals surface area contributed by atoms with Gasteiger partial charge in [-0.15, -0.1) is 0 Å². The number of benzene rings is 1. The molecule has 0 aliphatic heterocycles. The molecule has 0 radical (unpaired) electrons. The number of rotatable bonds is 6. The highest BCUT2D eigenvalue weighted by molar-refractivity contribution is 5.96. The van der Waals surface area contributed by atoms with Crippen molar-refractivity contribution in [3.8, 4) is 5.75 Å². The van der Waals surface area contributed by atoms with Crippen molar-refractivity contribution in [3.63, 3.8) is 0 Å². The minimum atomic E-state index is -0.574. The van der Waals surface area contributed by atoms with Gasteiger partial charge < -0.3 is 15.2 Å². The van der Waals surface area contributed by atoms with E-state index in [1.165, 1.54) is 6.07 Å². The molecule has 0 aromatic heterocycles. The molecular formula is C12H16FNO3. The lowest BCUT2D eigenvalue weighted by Gasteiger charge is -2.06. The van der Waals surface area contributed by atoms with E-state index >= 15 is 0 Å². The number of amides is 1. The molecule has 1 amide bonds. The van der Waals surface area contributed by atoms with Gasteiger partial charge in [-0.05, 0) is 25.5 Å². The van der Waals surface area contributed by atoms with Gasteiger partial charge in [0.25, 0.3) is 5.91 Å². The number of hydrogen-bond donors (Lipinski definition) is 2. The highest BCUT2D eigenvalue weighted by Gasteiger charge is 2.10. The van der Waals surface area contributed by atoms with E-state index in [2.05, 4.69) is 5.32 Å². The Hall–Kier alpha value is -1.62. The largest absolute Gasteiger partial charge is 0.507 e. The molecule has 2 N–H and O–H groups in total. The van der Waals surface area contributed by atoms with E-state index in [0.29, 0.717) is 26.2 Å². The Morgan fingerprint density at radius 1 is 1.53 bits per heavy atom. The number of phenols is 1. The van der Waals surface area contributed by atoms with Crippen LogP contribution in [0.15, 0.2) is 18.2 Å². The number of carbonyl (C=O) groups excluding carboxylic acids is 1. The van der Waals surface area contributed by atoms with Crippen LogP contribution in [0, 0.1) is 5.82 Å². The average molecular weight is 241 g/mol. The summed E-state index contributed by atoms with van der Waals surface area (Å²) in [7, 11) is 0. The summed E-state index contributed by atoms with van der Waals surface area (Å²) in [6, 6.07) is 3.30. The van der Waals surface area contributed by atoms with Gasteiger partial charge in [0, 0.05) is 25.8 Å². The molecule has 0 saturated carbocycles. The molecule has 5 heteroatoms. The van der Waals surface area contributed by atoms with Crippen molar-refractivity contribution in [2.45, 2.75) is 13.3 Å². The van der Waals surface area contributed by atoms with Crippen LogP contribution in [-0.4, -0.2) is 30.8 Å². The van der Waals surface area contributed by atoms with E-state index in [0.717, 1.165) is 12.1 Å². The van der Waals surface area contributed by atoms with E-state index in [4.69, 9.17) is 4.74 Å². The van der Waals surface area contributed by atoms with Crippen LogP contribution >= 0.6 is 0 Å². The minimum Gasteiger partial charge on any atom is -0.507 e. The first-order valence-corrected chi connectivity index (χ1v) is 5.49. The van der Waals surface area contributed by atoms with Crippen LogP contribution < -0.4 is 5.32 Å². The van der Waals surface area contributed by atoms with Crippen molar-refractivity contribution < 1.29 is 19.0 Å². The predicted octanol–water partition coefficient (Wildman–Crippen LogP) is 1.69. The van der Waals surface area contributed by atoms with Crippen molar-refractivity contribution in [1.29, 1.82) is 0 Å². The number of ether oxygens (including phenoxy) is 1. The number of hydrogen-bond acceptors (Lipinski definition) is 3. The van der Waals surface area contributed by atoms with Crippen molar-refractivity contribution in [2.75, 3.05) is 19.8 Å². The molecule has 94 valence electrons. The summed E-state index contributed by atoms with van der Waals surface area (Å²) in [5.74, 6) is -1.35. The van der Waals surface area contributed by atoms with Gasteiger partial charge in [0.2, 0.25) is 0 Å². The summed E-state index contributed by atoms with van der Waals surface area (Å²) in [6.07, 6.45) is 0.696. The van der Waals surface area contributed by atoms with Crippen molar-refractivity contribution in [3.05, 3.63) is 29.6 Å². The molecule has 0 aliphatic rings. The molecule has 0 atom stereocenters. The molecule has 1 aromatic rings. The van der Waals surface area contributed by atoms with Gasteiger partial charge in [-0.2, -0.15) is 0 Å². The van der Waals surface area contributed by atoms with Crippen molar-refractivity contribution in [1.82, 2.24) is 5.32 Å². The fourth-order valence-electron chi connectivity index (χ4n) is 1.31. The monoisotopic (exact) mass is 241 g/mol. The lowest BCUT2D eigenvalue weighted by molar-refractivity contribution is 0.0941. The SMILES string of the molecule is CCOCCCNC(=O)c1ccc(F)cc1O. The maximum atomic E-state index is 12.7. The Labute approximate surface area is 99.4 Å². The smallest absolute Gasteiger partial charge is 0.255 e. The first kappa shape index (κ1) is 13.4. The first-order valence-electron chi connectivity index (χ1n) is 5.49. The van der Waals surface area contributed by atoms with Gasteiger partial charge in [0.15, 0.2) is 0 Å². The van der Waals surface area contributed by atoms with E-state index < -0.39 is 11.7 Å². The molecule has 0 heterocycles. The summed E-state index contributed by atoms with van der Waals surface area (Å²) in [4.78, 5) is 11.6. The summed E-state index contributed by atoms with van der Waals surface area (Å²) in [5, 5.41) is 12.0. The van der Waals surface area contributed by atoms with Gasteiger partial charge in [-0.1, -0.05) is 0 Å². The Balaban J connectivity index is 2.42. The number of phenolic OH excluding ortho intramolecular Hbond substituents is 1. The van der Waals surface area contributed by atoms with Gasteiger partial charge in [-0.3, -0.25) is 4.79 Å². The third kappa shape index (κ3) is 4.40. The minimum absolute atomic E-state index is 0.0720. The third-order valence-electron chi connectivity index (χ3n) is 2.16. The van der Waals surface area contributed by atoms with E-state index in [-0.39, 0.29) is 11.3 Å². The Morgan fingerprint density at radius 3 is 2.94 bits per heavy atom. The number of aromatic hydroxyl groups is 1. The molecular weight excluding hydrogens is 225 g/mol. The van der Waals surface area contributed by atoms with Crippen LogP contribution in [0.5, 0.6) is 5.75 Å². The third-order valence-corrected chi connectivity index (χ3v) is 2.16.